The number of benzene rings is 7. The second-order valence-electron chi connectivity index (χ2n) is 26.4. The van der Waals surface area contributed by atoms with Crippen molar-refractivity contribution in [1.29, 1.82) is 15.8 Å². The van der Waals surface area contributed by atoms with Crippen LogP contribution < -0.4 is 59.1 Å². The summed E-state index contributed by atoms with van der Waals surface area (Å²) in [5.41, 5.74) is 15.0. The summed E-state index contributed by atoms with van der Waals surface area (Å²) in [7, 11) is 2.94. The zero-order valence-corrected chi connectivity index (χ0v) is 67.0. The Kier molecular flexibility index (Phi) is 29.7. The molecule has 0 saturated heterocycles. The highest BCUT2D eigenvalue weighted by Crippen LogP contribution is 2.27. The number of nitrogens with one attached hydrogen (secondary N) is 5. The lowest BCUT2D eigenvalue weighted by atomic mass is 10.1. The second kappa shape index (κ2) is 42.1. The van der Waals surface area contributed by atoms with Gasteiger partial charge in [-0.05, 0) is 203 Å². The zero-order chi connectivity index (χ0) is 86.4. The fourth-order valence-electron chi connectivity index (χ4n) is 11.8. The fraction of sp³-hybridized carbons (Fsp3) is 0.120. The molecule has 0 aliphatic carbocycles. The van der Waals surface area contributed by atoms with Crippen molar-refractivity contribution >= 4 is 62.8 Å². The van der Waals surface area contributed by atoms with Gasteiger partial charge in [-0.3, -0.25) is 33.9 Å². The molecule has 15 rings (SSSR count). The van der Waals surface area contributed by atoms with Crippen molar-refractivity contribution in [3.63, 3.8) is 0 Å². The van der Waals surface area contributed by atoms with E-state index in [2.05, 4.69) is 78.9 Å². The molecule has 0 aliphatic heterocycles. The first-order chi connectivity index (χ1) is 59.3. The van der Waals surface area contributed by atoms with E-state index < -0.39 is 5.97 Å². The number of carbonyl (C=O) groups excluding carboxylic acids is 1. The first-order valence-corrected chi connectivity index (χ1v) is 38.2. The summed E-state index contributed by atoms with van der Waals surface area (Å²) in [5, 5.41) is 84.4. The number of ether oxygens (including phenoxy) is 1. The van der Waals surface area contributed by atoms with Crippen molar-refractivity contribution in [2.24, 2.45) is 7.05 Å². The van der Waals surface area contributed by atoms with Gasteiger partial charge in [-0.15, -0.1) is 0 Å². The molecule has 30 heteroatoms. The molecule has 0 saturated carbocycles. The summed E-state index contributed by atoms with van der Waals surface area (Å²) in [6.07, 6.45) is 9.56. The fourth-order valence-corrected chi connectivity index (χ4v) is 11.8. The average Bonchev–Trinajstić information content (AvgIpc) is 0.823. The number of aromatic nitrogens is 13. The maximum Gasteiger partial charge on any atom is 0.337 e. The number of anilines is 10. The molecule has 0 amide bonds. The molecule has 7 aromatic carbocycles. The highest BCUT2D eigenvalue weighted by Gasteiger charge is 2.17. The van der Waals surface area contributed by atoms with Gasteiger partial charge in [0.05, 0.1) is 88.2 Å². The summed E-state index contributed by atoms with van der Waals surface area (Å²) >= 11 is 0. The smallest absolute Gasteiger partial charge is 0.337 e. The van der Waals surface area contributed by atoms with Crippen molar-refractivity contribution in [3.8, 4) is 74.5 Å². The lowest BCUT2D eigenvalue weighted by molar-refractivity contribution is -0.604. The summed E-state index contributed by atoms with van der Waals surface area (Å²) in [5.74, 6) is -0.403. The summed E-state index contributed by atoms with van der Waals surface area (Å²) in [4.78, 5) is 82.0. The molecule has 608 valence electrons. The van der Waals surface area contributed by atoms with Crippen molar-refractivity contribution in [2.45, 2.75) is 60.5 Å². The Labute approximate surface area is 699 Å². The number of methoxy groups -OCH3 is 1. The number of rotatable bonds is 21. The molecule has 0 fully saturated rings. The lowest BCUT2D eigenvalue weighted by Crippen LogP contribution is -2.26. The second-order valence-corrected chi connectivity index (χ2v) is 26.4. The minimum Gasteiger partial charge on any atom is -0.619 e. The van der Waals surface area contributed by atoms with Crippen LogP contribution in [0.2, 0.25) is 0 Å². The van der Waals surface area contributed by atoms with E-state index >= 15 is 0 Å². The van der Waals surface area contributed by atoms with Crippen LogP contribution in [0.1, 0.15) is 60.3 Å². The molecule has 0 radical (unpaired) electrons. The number of aliphatic hydroxyl groups excluding tert-OH is 1. The Bertz CT molecular complexity index is 6560. The van der Waals surface area contributed by atoms with E-state index in [1.807, 2.05) is 143 Å². The number of aliphatic hydroxyl groups is 1. The normalized spacial score (nSPS) is 10.3. The number of hydrogen-bond donors (Lipinski definition) is 6. The number of hydrogen-bond acceptors (Lipinski definition) is 24. The van der Waals surface area contributed by atoms with Crippen LogP contribution in [0.3, 0.4) is 0 Å². The Morgan fingerprint density at radius 1 is 0.402 bits per heavy atom. The van der Waals surface area contributed by atoms with E-state index in [0.29, 0.717) is 121 Å². The van der Waals surface area contributed by atoms with Gasteiger partial charge in [-0.25, -0.2) is 28.2 Å². The lowest BCUT2D eigenvalue weighted by Gasteiger charge is -2.11. The Hall–Kier alpha value is -16.9. The van der Waals surface area contributed by atoms with Crippen LogP contribution in [0, 0.1) is 39.2 Å². The van der Waals surface area contributed by atoms with Crippen LogP contribution >= 0.6 is 0 Å². The Morgan fingerprint density at radius 3 is 1.02 bits per heavy atom. The van der Waals surface area contributed by atoms with E-state index in [-0.39, 0.29) is 34.4 Å². The van der Waals surface area contributed by atoms with Gasteiger partial charge in [-0.1, -0.05) is 72.8 Å². The molecule has 0 bridgehead atoms. The molecule has 15 aromatic rings. The molecule has 0 aliphatic rings. The first kappa shape index (κ1) is 86.0. The van der Waals surface area contributed by atoms with Crippen LogP contribution in [-0.2, 0) is 44.6 Å². The molecule has 8 aromatic heterocycles. The van der Waals surface area contributed by atoms with Crippen LogP contribution in [0.4, 0.5) is 56.9 Å². The number of esters is 1. The number of pyridine rings is 3. The van der Waals surface area contributed by atoms with Gasteiger partial charge in [-0.2, -0.15) is 46.0 Å². The van der Waals surface area contributed by atoms with Crippen LogP contribution in [-0.4, -0.2) is 77.1 Å². The molecule has 30 nitrogen and oxygen atoms in total. The zero-order valence-electron chi connectivity index (χ0n) is 67.0. The van der Waals surface area contributed by atoms with Gasteiger partial charge in [0.15, 0.2) is 12.4 Å². The summed E-state index contributed by atoms with van der Waals surface area (Å²) in [6.45, 7) is 9.29. The number of aryl methyl sites for hydroxylation is 5. The number of nitrogens with zero attached hydrogens (tertiary/aromatic N) is 16. The van der Waals surface area contributed by atoms with Crippen LogP contribution in [0.25, 0.3) is 56.3 Å². The van der Waals surface area contributed by atoms with Gasteiger partial charge in [0.2, 0.25) is 0 Å². The Balaban J connectivity index is 0.000000149. The molecule has 8 heterocycles. The number of nitriles is 3. The molecular weight excluding hydrogens is 1540 g/mol. The molecule has 0 spiro atoms. The highest BCUT2D eigenvalue weighted by molar-refractivity contribution is 5.90. The minimum atomic E-state index is -0.403. The predicted octanol–water partition coefficient (Wildman–Crippen LogP) is 14.2. The summed E-state index contributed by atoms with van der Waals surface area (Å²) in [6, 6.07) is 79.6. The van der Waals surface area contributed by atoms with E-state index in [4.69, 9.17) is 20.9 Å². The molecular formula is C92H81N21O9. The SMILES string of the molecule is CCn1nc(-c2ccc[n+]([O-])c2)cc(Nc2ccc(C#N)cc2)c1=O.CCn1nc(-c2ccccc2)cc(Nc2ccc(C(=O)OC)cc2)c1=O.CCn1nc(-c2ccccc2)cc(Nc2ccc(CO)cc2)c1=O.CCn1nc(-c2cccnc2)cc(Nc2ccc(C#N)cc2)c1=O.Cn1nc(-c2cccnc2)cc(Nc2ccc(C#N)cc2)c1=O. The largest absolute Gasteiger partial charge is 0.619 e. The van der Waals surface area contributed by atoms with Crippen LogP contribution in [0.15, 0.2) is 310 Å². The van der Waals surface area contributed by atoms with Crippen molar-refractivity contribution < 1.29 is 19.4 Å². The first-order valence-electron chi connectivity index (χ1n) is 38.2. The van der Waals surface area contributed by atoms with E-state index in [1.165, 1.54) is 42.9 Å². The van der Waals surface area contributed by atoms with E-state index in [1.54, 1.807) is 171 Å². The molecule has 0 unspecified atom stereocenters. The van der Waals surface area contributed by atoms with Gasteiger partial charge < -0.3 is 41.6 Å². The third-order valence-electron chi connectivity index (χ3n) is 18.2. The van der Waals surface area contributed by atoms with Crippen molar-refractivity contribution in [3.05, 3.63) is 371 Å². The van der Waals surface area contributed by atoms with Crippen molar-refractivity contribution in [1.82, 2.24) is 58.9 Å². The quantitative estimate of drug-likeness (QED) is 0.0221. The van der Waals surface area contributed by atoms with E-state index in [0.717, 1.165) is 50.6 Å². The third kappa shape index (κ3) is 22.8. The monoisotopic (exact) mass is 1620 g/mol. The topological polar surface area (TPSA) is 405 Å². The van der Waals surface area contributed by atoms with Gasteiger partial charge in [0.1, 0.15) is 28.4 Å². The standard InChI is InChI=1S/C20H19N3O3.C19H19N3O2.C18H15N5O2.C18H15N5O.C17H13N5O/c1-3-23-19(24)18(13-17(22-23)14-7-5-4-6-8-14)21-16-11-9-15(10-12-16)20(25)26-2;1-2-22-19(24)18(20-16-10-8-14(13-23)9-11-16)12-17(21-22)15-6-4-3-5-7-15;1-2-23-18(24)17(20-15-7-5-13(11-19)6-8-15)10-16(21-23)14-4-3-9-22(25)12-14;1-2-23-18(24)17(21-15-7-5-13(11-19)6-8-15)10-16(22-23)14-4-3-9-20-12-14;1-22-17(23)16(20-14-6-4-12(10-18)5-7-14)9-15(21-22)13-3-2-8-19-11-13/h4-13,21H,3H2,1-2H3;3-12,20,23H,2,13H2,1H3;3-10,12,20H,2H2,1H3;3-10,12,21H,2H2,1H3;2-9,11,20H,1H3. The van der Waals surface area contributed by atoms with Gasteiger partial charge in [0, 0.05) is 115 Å². The van der Waals surface area contributed by atoms with Crippen molar-refractivity contribution in [2.75, 3.05) is 33.7 Å². The average molecular weight is 1620 g/mol. The number of carbonyl (C=O) groups is 1. The maximum atomic E-state index is 12.6. The van der Waals surface area contributed by atoms with Gasteiger partial charge >= 0.3 is 5.97 Å². The summed E-state index contributed by atoms with van der Waals surface area (Å²) < 4.78 is 12.3. The Morgan fingerprint density at radius 2 is 0.705 bits per heavy atom. The van der Waals surface area contributed by atoms with Gasteiger partial charge in [0.25, 0.3) is 27.8 Å². The predicted molar refractivity (Wildman–Crippen MR) is 468 cm³/mol. The molecule has 0 atom stereocenters. The minimum absolute atomic E-state index is 0.00364. The maximum absolute atomic E-state index is 12.6. The van der Waals surface area contributed by atoms with E-state index in [9.17, 15) is 34.0 Å². The van der Waals surface area contributed by atoms with Crippen LogP contribution in [0.5, 0.6) is 0 Å². The highest BCUT2D eigenvalue weighted by atomic mass is 16.5. The molecule has 6 N–H and O–H groups in total. The third-order valence-corrected chi connectivity index (χ3v) is 18.2. The molecule has 122 heavy (non-hydrogen) atoms.